The molecule has 2 rings (SSSR count). The van der Waals surface area contributed by atoms with Crippen LogP contribution in [-0.2, 0) is 0 Å². The lowest BCUT2D eigenvalue weighted by Gasteiger charge is -2.34. The zero-order chi connectivity index (χ0) is 11.4. The maximum Gasteiger partial charge on any atom is 0.103 e. The van der Waals surface area contributed by atoms with E-state index in [0.717, 1.165) is 38.4 Å². The van der Waals surface area contributed by atoms with Crippen molar-refractivity contribution >= 4 is 0 Å². The van der Waals surface area contributed by atoms with Crippen LogP contribution in [0, 0.1) is 5.92 Å². The van der Waals surface area contributed by atoms with Crippen molar-refractivity contribution in [2.24, 2.45) is 5.92 Å². The van der Waals surface area contributed by atoms with Crippen molar-refractivity contribution in [3.63, 3.8) is 0 Å². The first-order valence-corrected chi connectivity index (χ1v) is 6.83. The fourth-order valence-electron chi connectivity index (χ4n) is 2.90. The van der Waals surface area contributed by atoms with E-state index in [-0.39, 0.29) is 0 Å². The molecule has 0 bridgehead atoms. The fraction of sp³-hybridized carbons (Fsp3) is 1.00. The number of nitrogens with zero attached hydrogens (tertiary/aromatic N) is 2. The Hall–Kier alpha value is -0.150. The highest BCUT2D eigenvalue weighted by molar-refractivity contribution is 4.75. The Balaban J connectivity index is 1.63. The minimum atomic E-state index is -0.536. The highest BCUT2D eigenvalue weighted by Gasteiger charge is 2.20. The van der Waals surface area contributed by atoms with E-state index in [1.165, 1.54) is 32.5 Å². The Bertz CT molecular complexity index is 202. The van der Waals surface area contributed by atoms with Gasteiger partial charge in [0.15, 0.2) is 0 Å². The summed E-state index contributed by atoms with van der Waals surface area (Å²) in [5, 5.41) is 0. The second-order valence-corrected chi connectivity index (χ2v) is 5.56. The summed E-state index contributed by atoms with van der Waals surface area (Å²) >= 11 is 0. The molecule has 0 N–H and O–H groups in total. The molecule has 0 aliphatic carbocycles. The number of likely N-dealkylation sites (tertiary alicyclic amines) is 2. The Kier molecular flexibility index (Phi) is 4.59. The van der Waals surface area contributed by atoms with Crippen molar-refractivity contribution in [2.75, 3.05) is 39.3 Å². The molecule has 2 aliphatic heterocycles. The molecule has 0 amide bonds. The minimum Gasteiger partial charge on any atom is -0.302 e. The number of rotatable bonds is 3. The van der Waals surface area contributed by atoms with E-state index >= 15 is 0 Å². The largest absolute Gasteiger partial charge is 0.302 e. The van der Waals surface area contributed by atoms with E-state index in [1.54, 1.807) is 0 Å². The number of halogens is 1. The molecule has 2 saturated heterocycles. The summed E-state index contributed by atoms with van der Waals surface area (Å²) < 4.78 is 13.0. The van der Waals surface area contributed by atoms with Crippen LogP contribution in [0.15, 0.2) is 0 Å². The number of piperidine rings is 2. The summed E-state index contributed by atoms with van der Waals surface area (Å²) in [7, 11) is 0. The van der Waals surface area contributed by atoms with Gasteiger partial charge in [0.1, 0.15) is 6.17 Å². The summed E-state index contributed by atoms with van der Waals surface area (Å²) in [5.74, 6) is 0.866. The van der Waals surface area contributed by atoms with Crippen molar-refractivity contribution in [2.45, 2.75) is 38.8 Å². The van der Waals surface area contributed by atoms with E-state index in [0.29, 0.717) is 0 Å². The molecule has 3 heteroatoms. The normalized spacial score (nSPS) is 30.8. The Morgan fingerprint density at radius 2 is 1.69 bits per heavy atom. The highest BCUT2D eigenvalue weighted by Crippen LogP contribution is 2.16. The topological polar surface area (TPSA) is 6.48 Å². The van der Waals surface area contributed by atoms with Crippen LogP contribution in [0.3, 0.4) is 0 Å². The lowest BCUT2D eigenvalue weighted by Crippen LogP contribution is -2.42. The van der Waals surface area contributed by atoms with Gasteiger partial charge in [0.2, 0.25) is 0 Å². The highest BCUT2D eigenvalue weighted by atomic mass is 19.1. The molecular weight excluding hydrogens is 203 g/mol. The second kappa shape index (κ2) is 5.97. The van der Waals surface area contributed by atoms with Crippen molar-refractivity contribution < 1.29 is 4.39 Å². The summed E-state index contributed by atoms with van der Waals surface area (Å²) in [6.45, 7) is 9.13. The standard InChI is InChI=1S/C13H25FN2/c1-12-3-2-6-16(11-12)10-9-15-7-4-13(14)5-8-15/h12-13H,2-11H2,1H3/t12-/m0/s1. The zero-order valence-electron chi connectivity index (χ0n) is 10.5. The smallest absolute Gasteiger partial charge is 0.103 e. The molecule has 16 heavy (non-hydrogen) atoms. The molecule has 0 aromatic carbocycles. The summed E-state index contributed by atoms with van der Waals surface area (Å²) in [5.41, 5.74) is 0. The number of alkyl halides is 1. The molecular formula is C13H25FN2. The van der Waals surface area contributed by atoms with E-state index in [4.69, 9.17) is 0 Å². The van der Waals surface area contributed by atoms with Gasteiger partial charge < -0.3 is 9.80 Å². The molecule has 2 fully saturated rings. The van der Waals surface area contributed by atoms with Crippen LogP contribution >= 0.6 is 0 Å². The van der Waals surface area contributed by atoms with Crippen molar-refractivity contribution in [3.8, 4) is 0 Å². The molecule has 0 saturated carbocycles. The maximum atomic E-state index is 13.0. The third kappa shape index (κ3) is 3.70. The fourth-order valence-corrected chi connectivity index (χ4v) is 2.90. The van der Waals surface area contributed by atoms with Crippen molar-refractivity contribution in [1.82, 2.24) is 9.80 Å². The third-order valence-corrected chi connectivity index (χ3v) is 3.99. The Morgan fingerprint density at radius 3 is 2.38 bits per heavy atom. The molecule has 0 spiro atoms. The van der Waals surface area contributed by atoms with Crippen LogP contribution in [0.4, 0.5) is 4.39 Å². The quantitative estimate of drug-likeness (QED) is 0.730. The van der Waals surface area contributed by atoms with Crippen LogP contribution in [0.1, 0.15) is 32.6 Å². The van der Waals surface area contributed by atoms with Gasteiger partial charge in [-0.15, -0.1) is 0 Å². The monoisotopic (exact) mass is 228 g/mol. The molecule has 0 aromatic rings. The van der Waals surface area contributed by atoms with Gasteiger partial charge in [0, 0.05) is 32.7 Å². The summed E-state index contributed by atoms with van der Waals surface area (Å²) in [6.07, 6.45) is 3.70. The van der Waals surface area contributed by atoms with Gasteiger partial charge in [-0.05, 0) is 38.1 Å². The average Bonchev–Trinajstić information content (AvgIpc) is 2.28. The number of hydrogen-bond acceptors (Lipinski definition) is 2. The van der Waals surface area contributed by atoms with Crippen LogP contribution in [-0.4, -0.2) is 55.2 Å². The van der Waals surface area contributed by atoms with Gasteiger partial charge in [0.25, 0.3) is 0 Å². The predicted octanol–water partition coefficient (Wildman–Crippen LogP) is 2.15. The van der Waals surface area contributed by atoms with Gasteiger partial charge in [-0.25, -0.2) is 4.39 Å². The molecule has 2 heterocycles. The molecule has 1 atom stereocenters. The van der Waals surface area contributed by atoms with Crippen LogP contribution in [0.5, 0.6) is 0 Å². The summed E-state index contributed by atoms with van der Waals surface area (Å²) in [6, 6.07) is 0. The van der Waals surface area contributed by atoms with E-state index < -0.39 is 6.17 Å². The first-order chi connectivity index (χ1) is 7.74. The SMILES string of the molecule is C[C@H]1CCCN(CCN2CCC(F)CC2)C1. The maximum absolute atomic E-state index is 13.0. The number of hydrogen-bond donors (Lipinski definition) is 0. The van der Waals surface area contributed by atoms with Crippen LogP contribution in [0.25, 0.3) is 0 Å². The second-order valence-electron chi connectivity index (χ2n) is 5.56. The minimum absolute atomic E-state index is 0.536. The summed E-state index contributed by atoms with van der Waals surface area (Å²) in [4.78, 5) is 5.01. The molecule has 2 nitrogen and oxygen atoms in total. The van der Waals surface area contributed by atoms with E-state index in [1.807, 2.05) is 0 Å². The predicted molar refractivity (Wildman–Crippen MR) is 65.4 cm³/mol. The molecule has 94 valence electrons. The van der Waals surface area contributed by atoms with Crippen molar-refractivity contribution in [1.29, 1.82) is 0 Å². The van der Waals surface area contributed by atoms with E-state index in [2.05, 4.69) is 16.7 Å². The zero-order valence-corrected chi connectivity index (χ0v) is 10.5. The third-order valence-electron chi connectivity index (χ3n) is 3.99. The lowest BCUT2D eigenvalue weighted by atomic mass is 10.0. The van der Waals surface area contributed by atoms with Gasteiger partial charge in [-0.3, -0.25) is 0 Å². The Morgan fingerprint density at radius 1 is 1.00 bits per heavy atom. The van der Waals surface area contributed by atoms with E-state index in [9.17, 15) is 4.39 Å². The van der Waals surface area contributed by atoms with Crippen LogP contribution in [0.2, 0.25) is 0 Å². The first-order valence-electron chi connectivity index (χ1n) is 6.83. The van der Waals surface area contributed by atoms with Gasteiger partial charge >= 0.3 is 0 Å². The van der Waals surface area contributed by atoms with Gasteiger partial charge in [-0.1, -0.05) is 6.92 Å². The van der Waals surface area contributed by atoms with Gasteiger partial charge in [-0.2, -0.15) is 0 Å². The molecule has 0 unspecified atom stereocenters. The van der Waals surface area contributed by atoms with Gasteiger partial charge in [0.05, 0.1) is 0 Å². The van der Waals surface area contributed by atoms with Crippen molar-refractivity contribution in [3.05, 3.63) is 0 Å². The molecule has 2 aliphatic rings. The average molecular weight is 228 g/mol. The Labute approximate surface area is 98.8 Å². The lowest BCUT2D eigenvalue weighted by molar-refractivity contribution is 0.118. The first kappa shape index (κ1) is 12.3. The van der Waals surface area contributed by atoms with Crippen LogP contribution < -0.4 is 0 Å². The molecule has 0 aromatic heterocycles. The molecule has 0 radical (unpaired) electrons.